The minimum atomic E-state index is 0. The maximum Gasteiger partial charge on any atom is 0 e. The van der Waals surface area contributed by atoms with Gasteiger partial charge in [-0.2, -0.15) is 12.1 Å². The topological polar surface area (TPSA) is 52.0 Å². The van der Waals surface area contributed by atoms with Crippen LogP contribution in [0.1, 0.15) is 0 Å². The van der Waals surface area contributed by atoms with E-state index in [2.05, 4.69) is 0 Å². The number of hydrogen-bond donors (Lipinski definition) is 2. The van der Waals surface area contributed by atoms with Crippen molar-refractivity contribution in [1.29, 1.82) is 0 Å². The summed E-state index contributed by atoms with van der Waals surface area (Å²) >= 11 is 0. The van der Waals surface area contributed by atoms with E-state index >= 15 is 0 Å². The number of anilines is 2. The van der Waals surface area contributed by atoms with Gasteiger partial charge in [0.15, 0.2) is 0 Å². The quantitative estimate of drug-likeness (QED) is 0.522. The normalized spacial score (nSPS) is 8.00. The van der Waals surface area contributed by atoms with Crippen molar-refractivity contribution >= 4 is 11.4 Å². The fraction of sp³-hybridized carbons (Fsp3) is 0. The van der Waals surface area contributed by atoms with Crippen LogP contribution < -0.4 is 11.5 Å². The van der Waals surface area contributed by atoms with Gasteiger partial charge in [-0.1, -0.05) is 5.69 Å². The van der Waals surface area contributed by atoms with Crippen LogP contribution in [0.25, 0.3) is 0 Å². The molecule has 0 spiro atoms. The van der Waals surface area contributed by atoms with Gasteiger partial charge in [-0.05, 0) is 0 Å². The summed E-state index contributed by atoms with van der Waals surface area (Å²) in [6.07, 6.45) is 0. The van der Waals surface area contributed by atoms with Crippen molar-refractivity contribution in [3.8, 4) is 0 Å². The molecule has 0 atom stereocenters. The van der Waals surface area contributed by atoms with Gasteiger partial charge in [0, 0.05) is 17.1 Å². The van der Waals surface area contributed by atoms with E-state index in [1.165, 1.54) is 0 Å². The maximum atomic E-state index is 5.28. The molecule has 0 heterocycles. The van der Waals surface area contributed by atoms with Crippen molar-refractivity contribution in [1.82, 2.24) is 0 Å². The average Bonchev–Trinajstić information content (AvgIpc) is 2.63. The van der Waals surface area contributed by atoms with Gasteiger partial charge in [0.2, 0.25) is 0 Å². The SMILES string of the molecule is N[c-]1[cH-][cH-][cH-][cH-]1.N[c-]1cccc1.[Fe]. The Kier molecular flexibility index (Phi) is 5.77. The summed E-state index contributed by atoms with van der Waals surface area (Å²) in [6.45, 7) is 0. The summed E-state index contributed by atoms with van der Waals surface area (Å²) in [6, 6.07) is 15.1. The molecule has 13 heavy (non-hydrogen) atoms. The third-order valence-electron chi connectivity index (χ3n) is 1.38. The molecule has 0 aromatic heterocycles. The summed E-state index contributed by atoms with van der Waals surface area (Å²) in [5.74, 6) is 0. The van der Waals surface area contributed by atoms with E-state index < -0.39 is 0 Å². The Morgan fingerprint density at radius 1 is 0.923 bits per heavy atom. The van der Waals surface area contributed by atoms with Crippen LogP contribution >= 0.6 is 0 Å². The van der Waals surface area contributed by atoms with Crippen molar-refractivity contribution in [2.24, 2.45) is 0 Å². The maximum absolute atomic E-state index is 5.28. The Hall–Kier alpha value is -1.18. The van der Waals surface area contributed by atoms with E-state index in [4.69, 9.17) is 11.5 Å². The van der Waals surface area contributed by atoms with Crippen LogP contribution in [0.15, 0.2) is 48.5 Å². The molecule has 2 rings (SSSR count). The van der Waals surface area contributed by atoms with Gasteiger partial charge in [0.05, 0.1) is 0 Å². The summed E-state index contributed by atoms with van der Waals surface area (Å²) in [7, 11) is 0. The average molecular weight is 216 g/mol. The second-order valence-electron chi connectivity index (χ2n) is 2.44. The van der Waals surface area contributed by atoms with E-state index in [0.29, 0.717) is 0 Å². The first-order chi connectivity index (χ1) is 5.79. The van der Waals surface area contributed by atoms with Crippen LogP contribution in [0.5, 0.6) is 0 Å². The van der Waals surface area contributed by atoms with E-state index in [-0.39, 0.29) is 17.1 Å². The Morgan fingerprint density at radius 3 is 1.54 bits per heavy atom. The Labute approximate surface area is 88.7 Å². The molecule has 0 saturated carbocycles. The Bertz CT molecular complexity index is 252. The van der Waals surface area contributed by atoms with Crippen molar-refractivity contribution < 1.29 is 17.1 Å². The minimum Gasteiger partial charge on any atom is -0.746 e. The fourth-order valence-corrected chi connectivity index (χ4v) is 0.778. The van der Waals surface area contributed by atoms with E-state index in [0.717, 1.165) is 11.4 Å². The monoisotopic (exact) mass is 216 g/mol. The third-order valence-corrected chi connectivity index (χ3v) is 1.38. The van der Waals surface area contributed by atoms with Gasteiger partial charge in [-0.25, -0.2) is 12.1 Å². The summed E-state index contributed by atoms with van der Waals surface area (Å²) in [4.78, 5) is 0. The number of nitrogen functional groups attached to an aromatic ring is 2. The van der Waals surface area contributed by atoms with E-state index in [1.807, 2.05) is 48.5 Å². The number of rotatable bonds is 0. The van der Waals surface area contributed by atoms with Crippen molar-refractivity contribution in [3.05, 3.63) is 48.5 Å². The fourth-order valence-electron chi connectivity index (χ4n) is 0.778. The van der Waals surface area contributed by atoms with Gasteiger partial charge in [0.1, 0.15) is 0 Å². The summed E-state index contributed by atoms with van der Waals surface area (Å²) in [5, 5.41) is 0. The Morgan fingerprint density at radius 2 is 1.38 bits per heavy atom. The minimum absolute atomic E-state index is 0. The second-order valence-corrected chi connectivity index (χ2v) is 2.44. The van der Waals surface area contributed by atoms with Crippen LogP contribution in [0.3, 0.4) is 0 Å². The van der Waals surface area contributed by atoms with Crippen LogP contribution in [0, 0.1) is 0 Å². The zero-order chi connectivity index (χ0) is 8.81. The molecule has 2 aromatic carbocycles. The van der Waals surface area contributed by atoms with Gasteiger partial charge < -0.3 is 41.4 Å². The zero-order valence-electron chi connectivity index (χ0n) is 7.13. The largest absolute Gasteiger partial charge is 0.746 e. The molecule has 0 amide bonds. The first kappa shape index (κ1) is 11.8. The van der Waals surface area contributed by atoms with E-state index in [1.54, 1.807) is 0 Å². The number of nitrogens with two attached hydrogens (primary N) is 2. The summed E-state index contributed by atoms with van der Waals surface area (Å²) < 4.78 is 0. The van der Waals surface area contributed by atoms with Crippen LogP contribution in [-0.4, -0.2) is 0 Å². The standard InChI is InChI=1S/2C5H6N.Fe/c2*6-5-3-1-2-4-5;/h2*1-4H,6H2;/q-5;-1;. The molecule has 3 heteroatoms. The van der Waals surface area contributed by atoms with Gasteiger partial charge in [0.25, 0.3) is 0 Å². The molecule has 0 fully saturated rings. The number of hydrogen-bond acceptors (Lipinski definition) is 2. The summed E-state index contributed by atoms with van der Waals surface area (Å²) in [5.41, 5.74) is 12.2. The first-order valence-electron chi connectivity index (χ1n) is 3.73. The molecule has 0 bridgehead atoms. The molecule has 0 aliphatic carbocycles. The zero-order valence-corrected chi connectivity index (χ0v) is 8.23. The molecule has 2 aromatic rings. The third kappa shape index (κ3) is 5.12. The Balaban J connectivity index is 0.000000206. The van der Waals surface area contributed by atoms with Gasteiger partial charge in [-0.3, -0.25) is 0 Å². The molecule has 76 valence electrons. The molecule has 0 radical (unpaired) electrons. The van der Waals surface area contributed by atoms with Crippen molar-refractivity contribution in [3.63, 3.8) is 0 Å². The molecule has 0 aliphatic rings. The smallest absolute Gasteiger partial charge is 0 e. The van der Waals surface area contributed by atoms with Crippen molar-refractivity contribution in [2.75, 3.05) is 11.5 Å². The predicted octanol–water partition coefficient (Wildman–Crippen LogP) is 1.97. The molecular formula is C10H12FeN2-6. The van der Waals surface area contributed by atoms with E-state index in [9.17, 15) is 0 Å². The van der Waals surface area contributed by atoms with Crippen molar-refractivity contribution in [2.45, 2.75) is 0 Å². The molecular weight excluding hydrogens is 204 g/mol. The molecule has 0 aliphatic heterocycles. The molecule has 2 nitrogen and oxygen atoms in total. The molecule has 0 unspecified atom stereocenters. The van der Waals surface area contributed by atoms with Gasteiger partial charge in [-0.15, -0.1) is 0 Å². The predicted molar refractivity (Wildman–Crippen MR) is 52.9 cm³/mol. The molecule has 0 saturated heterocycles. The molecule has 4 N–H and O–H groups in total. The second kappa shape index (κ2) is 6.35. The van der Waals surface area contributed by atoms with Crippen LogP contribution in [0.2, 0.25) is 0 Å². The van der Waals surface area contributed by atoms with Crippen LogP contribution in [-0.2, 0) is 17.1 Å². The van der Waals surface area contributed by atoms with Gasteiger partial charge >= 0.3 is 0 Å². The van der Waals surface area contributed by atoms with Crippen LogP contribution in [0.4, 0.5) is 11.4 Å². The first-order valence-corrected chi connectivity index (χ1v) is 3.73.